The fourth-order valence-corrected chi connectivity index (χ4v) is 10.9. The molecule has 2 aliphatic rings. The van der Waals surface area contributed by atoms with Crippen LogP contribution in [0.4, 0.5) is 0 Å². The summed E-state index contributed by atoms with van der Waals surface area (Å²) in [5.74, 6) is 0. The van der Waals surface area contributed by atoms with Crippen LogP contribution in [-0.4, -0.2) is 0 Å². The van der Waals surface area contributed by atoms with Crippen LogP contribution in [0.2, 0.25) is 0 Å². The third kappa shape index (κ3) is 9.79. The van der Waals surface area contributed by atoms with Crippen molar-refractivity contribution in [3.8, 4) is 33.4 Å². The van der Waals surface area contributed by atoms with E-state index in [4.69, 9.17) is 0 Å². The number of benzene rings is 11. The summed E-state index contributed by atoms with van der Waals surface area (Å²) in [5, 5.41) is 7.78. The van der Waals surface area contributed by atoms with E-state index in [1.165, 1.54) is 121 Å². The summed E-state index contributed by atoms with van der Waals surface area (Å²) in [6.07, 6.45) is 20.5. The maximum Gasteiger partial charge on any atom is -0.00262 e. The first kappa shape index (κ1) is 46.0. The van der Waals surface area contributed by atoms with Crippen LogP contribution in [0.5, 0.6) is 0 Å². The Morgan fingerprint density at radius 1 is 0.324 bits per heavy atom. The van der Waals surface area contributed by atoms with Crippen molar-refractivity contribution in [1.29, 1.82) is 0 Å². The van der Waals surface area contributed by atoms with Crippen LogP contribution in [0.1, 0.15) is 58.2 Å². The zero-order valence-electron chi connectivity index (χ0n) is 41.5. The maximum atomic E-state index is 2.38. The molecule has 0 nitrogen and oxygen atoms in total. The smallest absolute Gasteiger partial charge is 0.00262 e. The van der Waals surface area contributed by atoms with Crippen LogP contribution >= 0.6 is 0 Å². The Kier molecular flexibility index (Phi) is 13.3. The van der Waals surface area contributed by atoms with Gasteiger partial charge in [-0.05, 0) is 171 Å². The van der Waals surface area contributed by atoms with Crippen molar-refractivity contribution in [3.05, 3.63) is 318 Å². The molecule has 0 heterocycles. The van der Waals surface area contributed by atoms with Crippen molar-refractivity contribution in [3.63, 3.8) is 0 Å². The summed E-state index contributed by atoms with van der Waals surface area (Å²) in [4.78, 5) is 0. The number of hydrogen-bond acceptors (Lipinski definition) is 0. The normalized spacial score (nSPS) is 13.0. The fourth-order valence-electron chi connectivity index (χ4n) is 10.9. The Hall–Kier alpha value is -9.10. The average Bonchev–Trinajstić information content (AvgIpc) is 3.50. The molecule has 0 aliphatic heterocycles. The minimum atomic E-state index is 1.10. The molecule has 11 aromatic rings. The lowest BCUT2D eigenvalue weighted by atomic mass is 9.84. The third-order valence-electron chi connectivity index (χ3n) is 14.6. The fraction of sp³-hybridized carbons (Fsp3) is 0.0541. The molecule has 0 saturated heterocycles. The topological polar surface area (TPSA) is 0 Å². The Labute approximate surface area is 436 Å². The quantitative estimate of drug-likeness (QED) is 0.0999. The molecular formula is C74H56. The van der Waals surface area contributed by atoms with Gasteiger partial charge in [0.15, 0.2) is 0 Å². The van der Waals surface area contributed by atoms with Crippen LogP contribution < -0.4 is 0 Å². The lowest BCUT2D eigenvalue weighted by Gasteiger charge is -2.19. The zero-order chi connectivity index (χ0) is 49.5. The van der Waals surface area contributed by atoms with Crippen molar-refractivity contribution >= 4 is 61.7 Å². The molecule has 0 radical (unpaired) electrons. The largest absolute Gasteiger partial charge is 0.0836 e. The van der Waals surface area contributed by atoms with E-state index in [0.29, 0.717) is 0 Å². The molecule has 11 aromatic carbocycles. The second kappa shape index (κ2) is 21.3. The molecule has 2 aliphatic carbocycles. The summed E-state index contributed by atoms with van der Waals surface area (Å²) in [7, 11) is 0. The van der Waals surface area contributed by atoms with Crippen molar-refractivity contribution in [2.24, 2.45) is 0 Å². The van der Waals surface area contributed by atoms with Gasteiger partial charge in [0.2, 0.25) is 0 Å². The summed E-state index contributed by atoms with van der Waals surface area (Å²) in [6, 6.07) is 90.0. The van der Waals surface area contributed by atoms with Gasteiger partial charge in [-0.25, -0.2) is 0 Å². The van der Waals surface area contributed by atoms with Crippen molar-refractivity contribution in [2.45, 2.75) is 25.7 Å². The van der Waals surface area contributed by atoms with E-state index < -0.39 is 0 Å². The van der Waals surface area contributed by atoms with E-state index in [1.807, 2.05) is 0 Å². The second-order valence-electron chi connectivity index (χ2n) is 19.4. The molecule has 352 valence electrons. The third-order valence-corrected chi connectivity index (χ3v) is 14.6. The van der Waals surface area contributed by atoms with E-state index in [1.54, 1.807) is 0 Å². The zero-order valence-corrected chi connectivity index (χ0v) is 41.5. The lowest BCUT2D eigenvalue weighted by molar-refractivity contribution is 0.986. The van der Waals surface area contributed by atoms with Crippen LogP contribution in [0.25, 0.3) is 95.1 Å². The highest BCUT2D eigenvalue weighted by Crippen LogP contribution is 2.45. The van der Waals surface area contributed by atoms with Gasteiger partial charge in [-0.15, -0.1) is 0 Å². The van der Waals surface area contributed by atoms with Gasteiger partial charge < -0.3 is 0 Å². The number of hydrogen-bond donors (Lipinski definition) is 0. The Balaban J connectivity index is 0.000000152. The van der Waals surface area contributed by atoms with Crippen molar-refractivity contribution in [2.75, 3.05) is 0 Å². The first-order chi connectivity index (χ1) is 36.7. The monoisotopic (exact) mass is 944 g/mol. The Morgan fingerprint density at radius 2 is 0.770 bits per heavy atom. The molecule has 0 amide bonds. The van der Waals surface area contributed by atoms with Gasteiger partial charge in [0.25, 0.3) is 0 Å². The Morgan fingerprint density at radius 3 is 1.31 bits per heavy atom. The Bertz CT molecular complexity index is 3840. The van der Waals surface area contributed by atoms with E-state index in [-0.39, 0.29) is 0 Å². The molecule has 0 heteroatoms. The van der Waals surface area contributed by atoms with Gasteiger partial charge in [-0.1, -0.05) is 267 Å². The molecule has 0 aromatic heterocycles. The summed E-state index contributed by atoms with van der Waals surface area (Å²) in [6.45, 7) is 0. The number of rotatable bonds is 9. The molecule has 0 fully saturated rings. The predicted molar refractivity (Wildman–Crippen MR) is 320 cm³/mol. The highest BCUT2D eigenvalue weighted by Gasteiger charge is 2.18. The van der Waals surface area contributed by atoms with Crippen LogP contribution in [-0.2, 0) is 6.42 Å². The number of allylic oxidation sites excluding steroid dienone is 6. The maximum absolute atomic E-state index is 2.38. The first-order valence-electron chi connectivity index (χ1n) is 26.1. The molecule has 0 atom stereocenters. The van der Waals surface area contributed by atoms with Crippen LogP contribution in [0.15, 0.2) is 279 Å². The van der Waals surface area contributed by atoms with Crippen LogP contribution in [0.3, 0.4) is 0 Å². The first-order valence-corrected chi connectivity index (χ1v) is 26.1. The van der Waals surface area contributed by atoms with Gasteiger partial charge in [-0.2, -0.15) is 0 Å². The highest BCUT2D eigenvalue weighted by molar-refractivity contribution is 6.21. The van der Waals surface area contributed by atoms with Crippen molar-refractivity contribution < 1.29 is 0 Å². The van der Waals surface area contributed by atoms with Crippen LogP contribution in [0, 0.1) is 0 Å². The van der Waals surface area contributed by atoms with Gasteiger partial charge in [0, 0.05) is 0 Å². The molecule has 0 spiro atoms. The van der Waals surface area contributed by atoms with Gasteiger partial charge in [-0.3, -0.25) is 0 Å². The standard InChI is InChI=1S/C40H32.C34H24/c1-5-13-35(14-6-1)39(36-15-7-2-8-16-36)29-31-21-25-33(26-22-31)34-27-23-32(24-28-34)30-40(37-17-9-3-10-18-37)38-19-11-4-12-20-38;1-3-11-25-21-27(19-17-23(25)9-1)33-29-13-5-7-15-31(29)34(32-16-8-6-14-30(32)33)28-20-18-24-10-2-4-12-26(24)22-28/h1-3,5-11,13-30H,4,12H2;1,3-9,11-22H,2,10H2/b40-30+;. The van der Waals surface area contributed by atoms with E-state index in [9.17, 15) is 0 Å². The van der Waals surface area contributed by atoms with E-state index in [0.717, 1.165) is 25.7 Å². The molecule has 74 heavy (non-hydrogen) atoms. The summed E-state index contributed by atoms with van der Waals surface area (Å²) in [5.41, 5.74) is 20.3. The minimum Gasteiger partial charge on any atom is -0.0836 e. The minimum absolute atomic E-state index is 1.10. The number of aryl methyl sites for hydroxylation is 1. The summed E-state index contributed by atoms with van der Waals surface area (Å²) >= 11 is 0. The summed E-state index contributed by atoms with van der Waals surface area (Å²) < 4.78 is 0. The highest BCUT2D eigenvalue weighted by atomic mass is 14.2. The molecule has 13 rings (SSSR count). The predicted octanol–water partition coefficient (Wildman–Crippen LogP) is 20.2. The molecule has 0 N–H and O–H groups in total. The molecule has 0 bridgehead atoms. The van der Waals surface area contributed by atoms with Gasteiger partial charge >= 0.3 is 0 Å². The van der Waals surface area contributed by atoms with E-state index in [2.05, 4.69) is 291 Å². The van der Waals surface area contributed by atoms with Gasteiger partial charge in [0.05, 0.1) is 0 Å². The lowest BCUT2D eigenvalue weighted by Crippen LogP contribution is -1.95. The molecular weight excluding hydrogens is 889 g/mol. The average molecular weight is 945 g/mol. The van der Waals surface area contributed by atoms with E-state index >= 15 is 0 Å². The van der Waals surface area contributed by atoms with Crippen molar-refractivity contribution in [1.82, 2.24) is 0 Å². The second-order valence-corrected chi connectivity index (χ2v) is 19.4. The molecule has 0 unspecified atom stereocenters. The van der Waals surface area contributed by atoms with Gasteiger partial charge in [0.1, 0.15) is 0 Å². The molecule has 0 saturated carbocycles. The SMILES string of the molecule is C1=CC(/C(=C/c2ccc(-c3ccc(C=C(c4ccccc4)c4ccccc4)cc3)cc2)c2ccccc2)=CCC1.C1=Cc2cc(-c3c4ccccc4c(-c4ccc5ccccc5c4)c4ccccc34)ccc2CC1. The number of fused-ring (bicyclic) bond motifs is 4.